The SMILES string of the molecule is NC(CC1=CCCCC1)Cc1c(F)cccc1F. The van der Waals surface area contributed by atoms with Crippen molar-refractivity contribution in [1.29, 1.82) is 0 Å². The summed E-state index contributed by atoms with van der Waals surface area (Å²) in [6.07, 6.45) is 7.85. The molecule has 3 heteroatoms. The predicted octanol–water partition coefficient (Wildman–Crippen LogP) is 3.73. The summed E-state index contributed by atoms with van der Waals surface area (Å²) < 4.78 is 27.0. The average molecular weight is 251 g/mol. The number of hydrogen-bond donors (Lipinski definition) is 1. The van der Waals surface area contributed by atoms with E-state index in [1.165, 1.54) is 36.6 Å². The highest BCUT2D eigenvalue weighted by Crippen LogP contribution is 2.22. The topological polar surface area (TPSA) is 26.0 Å². The van der Waals surface area contributed by atoms with Crippen molar-refractivity contribution in [2.75, 3.05) is 0 Å². The van der Waals surface area contributed by atoms with Crippen LogP contribution >= 0.6 is 0 Å². The zero-order valence-corrected chi connectivity index (χ0v) is 10.5. The van der Waals surface area contributed by atoms with Crippen LogP contribution in [0.5, 0.6) is 0 Å². The molecule has 0 saturated carbocycles. The molecule has 0 amide bonds. The maximum absolute atomic E-state index is 13.5. The number of benzene rings is 1. The lowest BCUT2D eigenvalue weighted by Crippen LogP contribution is -2.25. The minimum atomic E-state index is -0.497. The molecule has 1 aliphatic rings. The monoisotopic (exact) mass is 251 g/mol. The van der Waals surface area contributed by atoms with Gasteiger partial charge in [0, 0.05) is 11.6 Å². The van der Waals surface area contributed by atoms with E-state index in [4.69, 9.17) is 5.73 Å². The first-order chi connectivity index (χ1) is 8.66. The predicted molar refractivity (Wildman–Crippen MR) is 69.2 cm³/mol. The smallest absolute Gasteiger partial charge is 0.129 e. The van der Waals surface area contributed by atoms with Gasteiger partial charge in [0.15, 0.2) is 0 Å². The first-order valence-electron chi connectivity index (χ1n) is 6.53. The Morgan fingerprint density at radius 3 is 2.44 bits per heavy atom. The third-order valence-electron chi connectivity index (χ3n) is 3.44. The van der Waals surface area contributed by atoms with Gasteiger partial charge in [-0.05, 0) is 50.7 Å². The zero-order chi connectivity index (χ0) is 13.0. The van der Waals surface area contributed by atoms with Crippen LogP contribution in [0.2, 0.25) is 0 Å². The maximum Gasteiger partial charge on any atom is 0.129 e. The molecule has 1 aromatic carbocycles. The molecule has 0 heterocycles. The summed E-state index contributed by atoms with van der Waals surface area (Å²) in [7, 11) is 0. The van der Waals surface area contributed by atoms with Gasteiger partial charge in [0.05, 0.1) is 0 Å². The Morgan fingerprint density at radius 2 is 1.83 bits per heavy atom. The van der Waals surface area contributed by atoms with E-state index in [0.29, 0.717) is 0 Å². The number of rotatable bonds is 4. The van der Waals surface area contributed by atoms with Crippen LogP contribution in [0, 0.1) is 11.6 Å². The van der Waals surface area contributed by atoms with Crippen molar-refractivity contribution in [3.63, 3.8) is 0 Å². The van der Waals surface area contributed by atoms with Crippen LogP contribution in [0.15, 0.2) is 29.8 Å². The van der Waals surface area contributed by atoms with Crippen LogP contribution in [0.25, 0.3) is 0 Å². The minimum Gasteiger partial charge on any atom is -0.327 e. The summed E-state index contributed by atoms with van der Waals surface area (Å²) in [6.45, 7) is 0. The first kappa shape index (κ1) is 13.2. The number of allylic oxidation sites excluding steroid dienone is 1. The Bertz CT molecular complexity index is 420. The summed E-state index contributed by atoms with van der Waals surface area (Å²) in [5.74, 6) is -0.994. The van der Waals surface area contributed by atoms with Gasteiger partial charge in [-0.3, -0.25) is 0 Å². The molecule has 0 aromatic heterocycles. The Labute approximate surface area is 107 Å². The van der Waals surface area contributed by atoms with Gasteiger partial charge in [0.2, 0.25) is 0 Å². The molecule has 98 valence electrons. The van der Waals surface area contributed by atoms with Crippen molar-refractivity contribution >= 4 is 0 Å². The molecule has 1 aromatic rings. The average Bonchev–Trinajstić information content (AvgIpc) is 2.35. The lowest BCUT2D eigenvalue weighted by atomic mass is 9.92. The third-order valence-corrected chi connectivity index (χ3v) is 3.44. The molecule has 0 spiro atoms. The summed E-state index contributed by atoms with van der Waals surface area (Å²) in [5, 5.41) is 0. The fourth-order valence-electron chi connectivity index (χ4n) is 2.49. The highest BCUT2D eigenvalue weighted by Gasteiger charge is 2.14. The number of hydrogen-bond acceptors (Lipinski definition) is 1. The number of nitrogens with two attached hydrogens (primary N) is 1. The van der Waals surface area contributed by atoms with Crippen molar-refractivity contribution < 1.29 is 8.78 Å². The lowest BCUT2D eigenvalue weighted by Gasteiger charge is -2.18. The highest BCUT2D eigenvalue weighted by atomic mass is 19.1. The lowest BCUT2D eigenvalue weighted by molar-refractivity contribution is 0.528. The summed E-state index contributed by atoms with van der Waals surface area (Å²) in [5.41, 5.74) is 7.45. The van der Waals surface area contributed by atoms with Crippen LogP contribution in [-0.4, -0.2) is 6.04 Å². The van der Waals surface area contributed by atoms with Crippen molar-refractivity contribution in [1.82, 2.24) is 0 Å². The third kappa shape index (κ3) is 3.39. The van der Waals surface area contributed by atoms with E-state index in [-0.39, 0.29) is 18.0 Å². The van der Waals surface area contributed by atoms with E-state index in [9.17, 15) is 8.78 Å². The second-order valence-corrected chi connectivity index (χ2v) is 4.98. The van der Waals surface area contributed by atoms with Crippen molar-refractivity contribution in [2.45, 2.75) is 44.6 Å². The van der Waals surface area contributed by atoms with Crippen molar-refractivity contribution in [3.8, 4) is 0 Å². The van der Waals surface area contributed by atoms with Crippen molar-refractivity contribution in [2.24, 2.45) is 5.73 Å². The van der Waals surface area contributed by atoms with E-state index < -0.39 is 11.6 Å². The first-order valence-corrected chi connectivity index (χ1v) is 6.53. The Kier molecular flexibility index (Phi) is 4.48. The molecule has 2 rings (SSSR count). The van der Waals surface area contributed by atoms with Gasteiger partial charge in [-0.1, -0.05) is 17.7 Å². The van der Waals surface area contributed by atoms with E-state index >= 15 is 0 Å². The van der Waals surface area contributed by atoms with Gasteiger partial charge in [0.1, 0.15) is 11.6 Å². The van der Waals surface area contributed by atoms with Gasteiger partial charge in [-0.15, -0.1) is 0 Å². The Balaban J connectivity index is 1.98. The molecule has 0 bridgehead atoms. The summed E-state index contributed by atoms with van der Waals surface area (Å²) in [6, 6.07) is 3.74. The molecule has 0 radical (unpaired) electrons. The second kappa shape index (κ2) is 6.10. The minimum absolute atomic E-state index is 0.112. The molecule has 1 aliphatic carbocycles. The number of halogens is 2. The summed E-state index contributed by atoms with van der Waals surface area (Å²) in [4.78, 5) is 0. The Morgan fingerprint density at radius 1 is 1.11 bits per heavy atom. The molecule has 1 atom stereocenters. The quantitative estimate of drug-likeness (QED) is 0.811. The van der Waals surface area contributed by atoms with E-state index in [2.05, 4.69) is 6.08 Å². The molecule has 18 heavy (non-hydrogen) atoms. The molecular weight excluding hydrogens is 232 g/mol. The molecule has 2 N–H and O–H groups in total. The van der Waals surface area contributed by atoms with E-state index in [1.54, 1.807) is 0 Å². The van der Waals surface area contributed by atoms with E-state index in [0.717, 1.165) is 19.3 Å². The van der Waals surface area contributed by atoms with Crippen LogP contribution in [0.4, 0.5) is 8.78 Å². The van der Waals surface area contributed by atoms with E-state index in [1.807, 2.05) is 0 Å². The zero-order valence-electron chi connectivity index (χ0n) is 10.5. The molecule has 1 unspecified atom stereocenters. The van der Waals surface area contributed by atoms with Crippen molar-refractivity contribution in [3.05, 3.63) is 47.0 Å². The van der Waals surface area contributed by atoms with Crippen LogP contribution in [0.1, 0.15) is 37.7 Å². The maximum atomic E-state index is 13.5. The highest BCUT2D eigenvalue weighted by molar-refractivity contribution is 5.21. The van der Waals surface area contributed by atoms with Crippen LogP contribution < -0.4 is 5.73 Å². The van der Waals surface area contributed by atoms with Gasteiger partial charge < -0.3 is 5.73 Å². The van der Waals surface area contributed by atoms with Gasteiger partial charge in [-0.2, -0.15) is 0 Å². The van der Waals surface area contributed by atoms with Gasteiger partial charge >= 0.3 is 0 Å². The summed E-state index contributed by atoms with van der Waals surface area (Å²) >= 11 is 0. The molecule has 1 nitrogen and oxygen atoms in total. The fraction of sp³-hybridized carbons (Fsp3) is 0.467. The van der Waals surface area contributed by atoms with Crippen LogP contribution in [0.3, 0.4) is 0 Å². The fourth-order valence-corrected chi connectivity index (χ4v) is 2.49. The van der Waals surface area contributed by atoms with Crippen LogP contribution in [-0.2, 0) is 6.42 Å². The van der Waals surface area contributed by atoms with Gasteiger partial charge in [0.25, 0.3) is 0 Å². The largest absolute Gasteiger partial charge is 0.327 e. The van der Waals surface area contributed by atoms with Gasteiger partial charge in [-0.25, -0.2) is 8.78 Å². The molecule has 0 aliphatic heterocycles. The standard InChI is InChI=1S/C15H19F2N/c16-14-7-4-8-15(17)13(14)10-12(18)9-11-5-2-1-3-6-11/h4-5,7-8,12H,1-3,6,9-10,18H2. The normalized spacial score (nSPS) is 17.4. The Hall–Kier alpha value is -1.22. The molecule has 0 fully saturated rings. The molecular formula is C15H19F2N. The molecule has 0 saturated heterocycles. The second-order valence-electron chi connectivity index (χ2n) is 4.98.